The van der Waals surface area contributed by atoms with Gasteiger partial charge >= 0.3 is 5.69 Å². The van der Waals surface area contributed by atoms with Crippen molar-refractivity contribution in [2.75, 3.05) is 44.2 Å². The van der Waals surface area contributed by atoms with Crippen molar-refractivity contribution in [3.8, 4) is 0 Å². The Hall–Kier alpha value is -4.09. The highest BCUT2D eigenvalue weighted by Gasteiger charge is 2.36. The molecule has 1 aliphatic rings. The molecule has 3 rings (SSSR count). The van der Waals surface area contributed by atoms with Crippen LogP contribution in [0.2, 0.25) is 0 Å². The van der Waals surface area contributed by atoms with Crippen molar-refractivity contribution in [2.45, 2.75) is 38.6 Å². The molecule has 208 valence electrons. The number of nitrogens with two attached hydrogens (primary N) is 5. The average molecular weight is 534 g/mol. The summed E-state index contributed by atoms with van der Waals surface area (Å²) in [5.74, 6) is -2.94. The predicted octanol–water partition coefficient (Wildman–Crippen LogP) is -3.51. The number of primary amides is 1. The number of aliphatic imine (C=N–C) groups is 1. The molecule has 1 amide bonds. The van der Waals surface area contributed by atoms with Gasteiger partial charge < -0.3 is 38.7 Å². The van der Waals surface area contributed by atoms with Crippen molar-refractivity contribution in [3.05, 3.63) is 20.8 Å². The third kappa shape index (κ3) is 6.42. The van der Waals surface area contributed by atoms with Crippen molar-refractivity contribution >= 4 is 40.4 Å². The lowest BCUT2D eigenvalue weighted by Gasteiger charge is -2.36. The zero-order valence-electron chi connectivity index (χ0n) is 21.0. The Kier molecular flexibility index (Phi) is 9.32. The fourth-order valence-corrected chi connectivity index (χ4v) is 4.30. The van der Waals surface area contributed by atoms with E-state index in [9.17, 15) is 19.5 Å². The molecule has 0 fully saturated rings. The first-order chi connectivity index (χ1) is 18.0. The monoisotopic (exact) mass is 533 g/mol. The molecule has 2 aromatic heterocycles. The van der Waals surface area contributed by atoms with Crippen molar-refractivity contribution in [1.82, 2.24) is 29.3 Å². The minimum absolute atomic E-state index is 0.0222. The number of hydrogen-bond donors (Lipinski definition) is 8. The molecule has 2 atom stereocenters. The maximum atomic E-state index is 12.7. The number of nitrogens with zero attached hydrogens (tertiary/aromatic N) is 6. The molecular weight excluding hydrogens is 498 g/mol. The topological polar surface area (TPSA) is 291 Å². The van der Waals surface area contributed by atoms with Gasteiger partial charge in [0, 0.05) is 26.2 Å². The molecule has 0 bridgehead atoms. The summed E-state index contributed by atoms with van der Waals surface area (Å²) in [6.45, 7) is 2.13. The number of fused-ring (bicyclic) bond motifs is 1. The Morgan fingerprint density at radius 1 is 1.05 bits per heavy atom. The second kappa shape index (κ2) is 12.4. The third-order valence-electron chi connectivity index (χ3n) is 6.31. The van der Waals surface area contributed by atoms with E-state index < -0.39 is 29.4 Å². The summed E-state index contributed by atoms with van der Waals surface area (Å²) < 4.78 is 1.23. The quantitative estimate of drug-likeness (QED) is 0.116. The van der Waals surface area contributed by atoms with Gasteiger partial charge in [-0.2, -0.15) is 9.97 Å². The smallest absolute Gasteiger partial charge is 0.351 e. The van der Waals surface area contributed by atoms with E-state index in [1.54, 1.807) is 0 Å². The highest BCUT2D eigenvalue weighted by molar-refractivity contribution is 6.20. The van der Waals surface area contributed by atoms with Crippen LogP contribution in [0.4, 0.5) is 11.8 Å². The van der Waals surface area contributed by atoms with Crippen molar-refractivity contribution in [1.29, 1.82) is 5.41 Å². The molecule has 0 aromatic carbocycles. The number of aliphatic hydroxyl groups is 1. The van der Waals surface area contributed by atoms with Crippen LogP contribution >= 0.6 is 0 Å². The Balaban J connectivity index is 1.80. The summed E-state index contributed by atoms with van der Waals surface area (Å²) in [5, 5.41) is 18.6. The zero-order chi connectivity index (χ0) is 28.0. The number of amides is 1. The van der Waals surface area contributed by atoms with Crippen LogP contribution < -0.4 is 39.9 Å². The Morgan fingerprint density at radius 2 is 1.74 bits per heavy atom. The first-order valence-corrected chi connectivity index (χ1v) is 12.2. The number of nitrogens with one attached hydrogen (secondary N) is 2. The summed E-state index contributed by atoms with van der Waals surface area (Å²) in [6.07, 6.45) is 2.20. The number of carbonyl (C=O) groups excluding carboxylic acids is 1. The molecule has 0 aliphatic carbocycles. The van der Waals surface area contributed by atoms with Gasteiger partial charge in [0.1, 0.15) is 22.9 Å². The number of rotatable bonds is 13. The minimum atomic E-state index is -1.43. The average Bonchev–Trinajstić information content (AvgIpc) is 2.81. The molecule has 1 aliphatic heterocycles. The minimum Gasteiger partial charge on any atom is -0.386 e. The van der Waals surface area contributed by atoms with E-state index in [4.69, 9.17) is 34.1 Å². The summed E-state index contributed by atoms with van der Waals surface area (Å²) in [5.41, 5.74) is 26.9. The fraction of sp³-hybridized carbons (Fsp3) is 0.571. The molecule has 0 saturated carbocycles. The molecule has 0 spiro atoms. The molecule has 2 unspecified atom stereocenters. The number of hydrogen-bond acceptors (Lipinski definition) is 13. The SMILES string of the molecule is N=C1C(C(N)=O)C(N)=NC(O)N1CCN(CCCCCCN)CCn1c(=O)nc(N)c2c(=O)[nH]c(N)nc21. The number of anilines is 2. The summed E-state index contributed by atoms with van der Waals surface area (Å²) >= 11 is 0. The largest absolute Gasteiger partial charge is 0.386 e. The third-order valence-corrected chi connectivity index (χ3v) is 6.31. The van der Waals surface area contributed by atoms with E-state index in [1.165, 1.54) is 9.47 Å². The zero-order valence-corrected chi connectivity index (χ0v) is 21.0. The first kappa shape index (κ1) is 28.5. The van der Waals surface area contributed by atoms with Crippen LogP contribution in [0.3, 0.4) is 0 Å². The molecule has 0 saturated heterocycles. The van der Waals surface area contributed by atoms with E-state index in [0.29, 0.717) is 26.2 Å². The van der Waals surface area contributed by atoms with Crippen molar-refractivity contribution < 1.29 is 9.90 Å². The van der Waals surface area contributed by atoms with Crippen LogP contribution in [0, 0.1) is 11.3 Å². The Bertz CT molecular complexity index is 1320. The fourth-order valence-electron chi connectivity index (χ4n) is 4.30. The van der Waals surface area contributed by atoms with E-state index in [-0.39, 0.29) is 47.6 Å². The summed E-state index contributed by atoms with van der Waals surface area (Å²) in [4.78, 5) is 54.1. The highest BCUT2D eigenvalue weighted by atomic mass is 16.3. The standard InChI is InChI=1S/C21H35N13O4/c22-5-3-1-2-4-6-32(7-9-33-15(25)11(16(26)35)13(23)28-20(33)37)8-10-34-17-12(14(24)29-21(34)38)18(36)31-19(27)30-17/h11,20,25,37H,1-10,22H2,(H2,23,28)(H2,26,35)(H2,24,29,38)(H3,27,30,31,36). The van der Waals surface area contributed by atoms with E-state index in [2.05, 4.69) is 19.9 Å². The molecule has 17 heteroatoms. The lowest BCUT2D eigenvalue weighted by atomic mass is 10.0. The van der Waals surface area contributed by atoms with Gasteiger partial charge in [-0.3, -0.25) is 29.4 Å². The van der Waals surface area contributed by atoms with Crippen LogP contribution in [0.5, 0.6) is 0 Å². The first-order valence-electron chi connectivity index (χ1n) is 12.2. The summed E-state index contributed by atoms with van der Waals surface area (Å²) in [7, 11) is 0. The lowest BCUT2D eigenvalue weighted by Crippen LogP contribution is -2.56. The molecule has 3 heterocycles. The predicted molar refractivity (Wildman–Crippen MR) is 142 cm³/mol. The molecular formula is C21H35N13O4. The van der Waals surface area contributed by atoms with Crippen LogP contribution in [0.15, 0.2) is 14.6 Å². The van der Waals surface area contributed by atoms with Gasteiger partial charge in [-0.1, -0.05) is 12.8 Å². The number of nitrogen functional groups attached to an aromatic ring is 2. The Morgan fingerprint density at radius 3 is 2.42 bits per heavy atom. The number of amidine groups is 2. The van der Waals surface area contributed by atoms with E-state index >= 15 is 0 Å². The van der Waals surface area contributed by atoms with Gasteiger partial charge in [-0.25, -0.2) is 9.79 Å². The maximum Gasteiger partial charge on any atom is 0.351 e. The van der Waals surface area contributed by atoms with E-state index in [1.807, 2.05) is 4.90 Å². The lowest BCUT2D eigenvalue weighted by molar-refractivity contribution is -0.118. The maximum absolute atomic E-state index is 12.7. The molecule has 17 nitrogen and oxygen atoms in total. The van der Waals surface area contributed by atoms with Crippen LogP contribution in [0.1, 0.15) is 25.7 Å². The molecule has 13 N–H and O–H groups in total. The number of H-pyrrole nitrogens is 1. The van der Waals surface area contributed by atoms with Crippen LogP contribution in [-0.2, 0) is 11.3 Å². The van der Waals surface area contributed by atoms with Crippen LogP contribution in [0.25, 0.3) is 11.0 Å². The normalized spacial score (nSPS) is 17.8. The van der Waals surface area contributed by atoms with Crippen LogP contribution in [-0.4, -0.2) is 91.1 Å². The van der Waals surface area contributed by atoms with Gasteiger partial charge in [-0.05, 0) is 25.9 Å². The van der Waals surface area contributed by atoms with Crippen molar-refractivity contribution in [3.63, 3.8) is 0 Å². The molecule has 2 aromatic rings. The highest BCUT2D eigenvalue weighted by Crippen LogP contribution is 2.16. The number of aromatic nitrogens is 4. The number of unbranched alkanes of at least 4 members (excludes halogenated alkanes) is 3. The van der Waals surface area contributed by atoms with E-state index in [0.717, 1.165) is 25.7 Å². The molecule has 0 radical (unpaired) electrons. The summed E-state index contributed by atoms with van der Waals surface area (Å²) in [6, 6.07) is 0. The Labute approximate surface area is 217 Å². The number of aliphatic hydroxyl groups excluding tert-OH is 1. The van der Waals surface area contributed by atoms with Gasteiger partial charge in [-0.15, -0.1) is 0 Å². The second-order valence-electron chi connectivity index (χ2n) is 8.94. The number of aromatic amines is 1. The van der Waals surface area contributed by atoms with Gasteiger partial charge in [0.2, 0.25) is 18.2 Å². The number of carbonyl (C=O) groups is 1. The second-order valence-corrected chi connectivity index (χ2v) is 8.94. The van der Waals surface area contributed by atoms with Gasteiger partial charge in [0.15, 0.2) is 11.6 Å². The van der Waals surface area contributed by atoms with Gasteiger partial charge in [0.05, 0.1) is 0 Å². The van der Waals surface area contributed by atoms with Gasteiger partial charge in [0.25, 0.3) is 5.56 Å². The van der Waals surface area contributed by atoms with Crippen molar-refractivity contribution in [2.24, 2.45) is 28.1 Å². The molecule has 38 heavy (non-hydrogen) atoms.